The van der Waals surface area contributed by atoms with Gasteiger partial charge >= 0.3 is 0 Å². The molecule has 22 heavy (non-hydrogen) atoms. The summed E-state index contributed by atoms with van der Waals surface area (Å²) in [4.78, 5) is -0.673. The van der Waals surface area contributed by atoms with E-state index in [1.165, 1.54) is 6.07 Å². The lowest BCUT2D eigenvalue weighted by Gasteiger charge is -2.42. The molecule has 1 aromatic carbocycles. The molecule has 1 aromatic rings. The first-order valence-electron chi connectivity index (χ1n) is 7.00. The highest BCUT2D eigenvalue weighted by Gasteiger charge is 2.41. The van der Waals surface area contributed by atoms with Crippen molar-refractivity contribution in [2.75, 3.05) is 6.54 Å². The standard InChI is InChI=1S/C14H20F2N2O2S.ClH/c1-10-5-2-3-8-14(10,9-17)18-21(19,20)12-7-4-6-11(15)13(12)16;/h4,6-7,10,18H,2-3,5,8-9,17H2,1H3;1H. The molecule has 1 aliphatic carbocycles. The Morgan fingerprint density at radius 1 is 1.36 bits per heavy atom. The lowest BCUT2D eigenvalue weighted by molar-refractivity contribution is 0.191. The zero-order chi connectivity index (χ0) is 15.7. The second-order valence-electron chi connectivity index (χ2n) is 5.66. The van der Waals surface area contributed by atoms with Gasteiger partial charge in [0.2, 0.25) is 10.0 Å². The summed E-state index contributed by atoms with van der Waals surface area (Å²) >= 11 is 0. The maximum atomic E-state index is 13.8. The van der Waals surface area contributed by atoms with E-state index in [9.17, 15) is 17.2 Å². The molecule has 8 heteroatoms. The third-order valence-corrected chi connectivity index (χ3v) is 5.93. The summed E-state index contributed by atoms with van der Waals surface area (Å²) in [5, 5.41) is 0. The fraction of sp³-hybridized carbons (Fsp3) is 0.571. The van der Waals surface area contributed by atoms with E-state index in [4.69, 9.17) is 5.73 Å². The minimum Gasteiger partial charge on any atom is -0.329 e. The Labute approximate surface area is 135 Å². The predicted molar refractivity (Wildman–Crippen MR) is 83.3 cm³/mol. The van der Waals surface area contributed by atoms with Gasteiger partial charge in [-0.25, -0.2) is 21.9 Å². The van der Waals surface area contributed by atoms with Gasteiger partial charge in [0.05, 0.1) is 0 Å². The van der Waals surface area contributed by atoms with Gasteiger partial charge in [0.1, 0.15) is 4.90 Å². The van der Waals surface area contributed by atoms with Crippen LogP contribution in [0.3, 0.4) is 0 Å². The van der Waals surface area contributed by atoms with Gasteiger partial charge in [0.25, 0.3) is 0 Å². The number of nitrogens with two attached hydrogens (primary N) is 1. The Morgan fingerprint density at radius 2 is 2.05 bits per heavy atom. The van der Waals surface area contributed by atoms with E-state index in [-0.39, 0.29) is 24.9 Å². The maximum absolute atomic E-state index is 13.8. The van der Waals surface area contributed by atoms with Gasteiger partial charge in [-0.2, -0.15) is 0 Å². The molecular weight excluding hydrogens is 334 g/mol. The van der Waals surface area contributed by atoms with Gasteiger partial charge in [-0.1, -0.05) is 25.8 Å². The van der Waals surface area contributed by atoms with Crippen LogP contribution in [0.4, 0.5) is 8.78 Å². The van der Waals surface area contributed by atoms with Crippen LogP contribution >= 0.6 is 12.4 Å². The third-order valence-electron chi connectivity index (χ3n) is 4.36. The maximum Gasteiger partial charge on any atom is 0.244 e. The van der Waals surface area contributed by atoms with E-state index in [2.05, 4.69) is 4.72 Å². The van der Waals surface area contributed by atoms with Crippen LogP contribution in [0, 0.1) is 17.6 Å². The molecule has 2 unspecified atom stereocenters. The molecule has 2 rings (SSSR count). The summed E-state index contributed by atoms with van der Waals surface area (Å²) < 4.78 is 54.4. The lowest BCUT2D eigenvalue weighted by atomic mass is 9.74. The van der Waals surface area contributed by atoms with Crippen LogP contribution in [0.2, 0.25) is 0 Å². The highest BCUT2D eigenvalue weighted by molar-refractivity contribution is 7.89. The van der Waals surface area contributed by atoms with E-state index >= 15 is 0 Å². The van der Waals surface area contributed by atoms with Crippen LogP contribution in [0.1, 0.15) is 32.6 Å². The molecule has 2 atom stereocenters. The van der Waals surface area contributed by atoms with E-state index in [1.54, 1.807) is 0 Å². The summed E-state index contributed by atoms with van der Waals surface area (Å²) in [6.07, 6.45) is 3.32. The smallest absolute Gasteiger partial charge is 0.244 e. The quantitative estimate of drug-likeness (QED) is 0.872. The molecule has 4 nitrogen and oxygen atoms in total. The molecule has 0 bridgehead atoms. The zero-order valence-corrected chi connectivity index (χ0v) is 13.9. The Balaban J connectivity index is 0.00000242. The summed E-state index contributed by atoms with van der Waals surface area (Å²) in [5.74, 6) is -2.50. The molecule has 0 aromatic heterocycles. The molecule has 0 aliphatic heterocycles. The van der Waals surface area contributed by atoms with Gasteiger partial charge in [-0.05, 0) is 30.9 Å². The van der Waals surface area contributed by atoms with Crippen LogP contribution in [0.25, 0.3) is 0 Å². The number of hydrogen-bond acceptors (Lipinski definition) is 3. The Hall–Kier alpha value is -0.760. The van der Waals surface area contributed by atoms with Crippen molar-refractivity contribution >= 4 is 22.4 Å². The van der Waals surface area contributed by atoms with Gasteiger partial charge in [0, 0.05) is 12.1 Å². The number of hydrogen-bond donors (Lipinski definition) is 2. The summed E-state index contributed by atoms with van der Waals surface area (Å²) in [6.45, 7) is 2.06. The Morgan fingerprint density at radius 3 is 2.64 bits per heavy atom. The topological polar surface area (TPSA) is 72.2 Å². The first kappa shape index (κ1) is 19.3. The fourth-order valence-electron chi connectivity index (χ4n) is 2.92. The molecule has 0 amide bonds. The molecule has 1 fully saturated rings. The van der Waals surface area contributed by atoms with Crippen molar-refractivity contribution in [3.63, 3.8) is 0 Å². The summed E-state index contributed by atoms with van der Waals surface area (Å²) in [5.41, 5.74) is 4.99. The highest BCUT2D eigenvalue weighted by atomic mass is 35.5. The van der Waals surface area contributed by atoms with Crippen LogP contribution in [-0.4, -0.2) is 20.5 Å². The SMILES string of the molecule is CC1CCCCC1(CN)NS(=O)(=O)c1cccc(F)c1F.Cl. The predicted octanol–water partition coefficient (Wildman–Crippen LogP) is 2.57. The third kappa shape index (κ3) is 3.59. The number of sulfonamides is 1. The van der Waals surface area contributed by atoms with Crippen LogP contribution in [0.5, 0.6) is 0 Å². The Kier molecular flexibility index (Phi) is 6.32. The van der Waals surface area contributed by atoms with Crippen molar-refractivity contribution in [1.82, 2.24) is 4.72 Å². The normalized spacial score (nSPS) is 25.5. The second kappa shape index (κ2) is 7.21. The molecular formula is C14H21ClF2N2O2S. The number of halogens is 3. The fourth-order valence-corrected chi connectivity index (χ4v) is 4.55. The van der Waals surface area contributed by atoms with Crippen molar-refractivity contribution in [2.24, 2.45) is 11.7 Å². The van der Waals surface area contributed by atoms with E-state index in [0.29, 0.717) is 6.42 Å². The molecule has 0 spiro atoms. The molecule has 0 heterocycles. The van der Waals surface area contributed by atoms with Crippen LogP contribution in [0.15, 0.2) is 23.1 Å². The average Bonchev–Trinajstić information content (AvgIpc) is 2.44. The largest absolute Gasteiger partial charge is 0.329 e. The van der Waals surface area contributed by atoms with Gasteiger partial charge in [-0.3, -0.25) is 0 Å². The molecule has 1 saturated carbocycles. The van der Waals surface area contributed by atoms with E-state index in [1.807, 2.05) is 6.92 Å². The van der Waals surface area contributed by atoms with Gasteiger partial charge in [-0.15, -0.1) is 12.4 Å². The molecule has 1 aliphatic rings. The Bertz CT molecular complexity index is 627. The molecule has 3 N–H and O–H groups in total. The van der Waals surface area contributed by atoms with Crippen molar-refractivity contribution in [1.29, 1.82) is 0 Å². The van der Waals surface area contributed by atoms with E-state index < -0.39 is 32.1 Å². The summed E-state index contributed by atoms with van der Waals surface area (Å²) in [7, 11) is -4.16. The first-order chi connectivity index (χ1) is 9.82. The zero-order valence-electron chi connectivity index (χ0n) is 12.3. The lowest BCUT2D eigenvalue weighted by Crippen LogP contribution is -2.59. The average molecular weight is 355 g/mol. The van der Waals surface area contributed by atoms with Crippen LogP contribution in [-0.2, 0) is 10.0 Å². The minimum absolute atomic E-state index is 0. The highest BCUT2D eigenvalue weighted by Crippen LogP contribution is 2.34. The van der Waals surface area contributed by atoms with Crippen LogP contribution < -0.4 is 10.5 Å². The van der Waals surface area contributed by atoms with Crippen molar-refractivity contribution in [3.05, 3.63) is 29.8 Å². The molecule has 126 valence electrons. The minimum atomic E-state index is -4.16. The van der Waals surface area contributed by atoms with Crippen molar-refractivity contribution < 1.29 is 17.2 Å². The van der Waals surface area contributed by atoms with Crippen molar-refractivity contribution in [2.45, 2.75) is 43.0 Å². The first-order valence-corrected chi connectivity index (χ1v) is 8.49. The number of nitrogens with one attached hydrogen (secondary N) is 1. The monoisotopic (exact) mass is 354 g/mol. The molecule has 0 radical (unpaired) electrons. The van der Waals surface area contributed by atoms with Crippen molar-refractivity contribution in [3.8, 4) is 0 Å². The van der Waals surface area contributed by atoms with Gasteiger partial charge in [0.15, 0.2) is 11.6 Å². The summed E-state index contributed by atoms with van der Waals surface area (Å²) in [6, 6.07) is 3.11. The van der Waals surface area contributed by atoms with Gasteiger partial charge < -0.3 is 5.73 Å². The number of rotatable bonds is 4. The number of benzene rings is 1. The van der Waals surface area contributed by atoms with E-state index in [0.717, 1.165) is 31.4 Å². The second-order valence-corrected chi connectivity index (χ2v) is 7.32. The molecule has 0 saturated heterocycles.